The Labute approximate surface area is 227 Å². The summed E-state index contributed by atoms with van der Waals surface area (Å²) in [7, 11) is 0. The maximum atomic E-state index is 13.9. The molecule has 2 aromatic rings. The first-order chi connectivity index (χ1) is 17.0. The summed E-state index contributed by atoms with van der Waals surface area (Å²) in [5.41, 5.74) is 0.160. The maximum Gasteiger partial charge on any atom is 0.331 e. The zero-order valence-electron chi connectivity index (χ0n) is 20.6. The van der Waals surface area contributed by atoms with Crippen LogP contribution in [0.15, 0.2) is 48.7 Å². The van der Waals surface area contributed by atoms with Gasteiger partial charge in [0.25, 0.3) is 5.91 Å². The van der Waals surface area contributed by atoms with Crippen LogP contribution in [0.4, 0.5) is 5.82 Å². The van der Waals surface area contributed by atoms with Gasteiger partial charge in [0.05, 0.1) is 13.1 Å². The predicted octanol–water partition coefficient (Wildman–Crippen LogP) is -0.464. The van der Waals surface area contributed by atoms with Crippen LogP contribution in [0.25, 0.3) is 0 Å². The molecule has 36 heavy (non-hydrogen) atoms. The van der Waals surface area contributed by atoms with Gasteiger partial charge in [-0.15, -0.1) is 5.10 Å². The number of nitrogens with one attached hydrogen (secondary N) is 1. The maximum absolute atomic E-state index is 13.9. The largest absolute Gasteiger partial charge is 1.00 e. The summed E-state index contributed by atoms with van der Waals surface area (Å²) in [4.78, 5) is 29.0. The number of benzene rings is 1. The molecule has 2 atom stereocenters. The number of ether oxygens (including phenoxy) is 1. The second-order valence-corrected chi connectivity index (χ2v) is 11.3. The molecule has 4 aliphatic rings. The Morgan fingerprint density at radius 1 is 1.14 bits per heavy atom. The Bertz CT molecular complexity index is 1030. The van der Waals surface area contributed by atoms with Crippen molar-refractivity contribution in [2.45, 2.75) is 31.4 Å². The highest BCUT2D eigenvalue weighted by atomic mass is 79.9. The van der Waals surface area contributed by atoms with Crippen LogP contribution in [0.5, 0.6) is 0 Å². The number of rotatable bonds is 7. The van der Waals surface area contributed by atoms with Crippen molar-refractivity contribution in [3.63, 3.8) is 0 Å². The second kappa shape index (κ2) is 11.6. The molecule has 1 aromatic heterocycles. The summed E-state index contributed by atoms with van der Waals surface area (Å²) in [6.07, 6.45) is 3.35. The summed E-state index contributed by atoms with van der Waals surface area (Å²) in [5.74, 6) is 2.61. The number of fused-ring (bicyclic) bond motifs is 3. The molecule has 6 rings (SSSR count). The highest BCUT2D eigenvalue weighted by Crippen LogP contribution is 2.38. The van der Waals surface area contributed by atoms with Crippen LogP contribution in [-0.4, -0.2) is 88.3 Å². The lowest BCUT2D eigenvalue weighted by Gasteiger charge is -2.52. The third kappa shape index (κ3) is 5.61. The molecule has 0 spiro atoms. The fourth-order valence-electron chi connectivity index (χ4n) is 5.89. The molecule has 194 valence electrons. The number of anilines is 1. The highest BCUT2D eigenvalue weighted by Gasteiger charge is 2.51. The molecule has 1 N–H and O–H groups in total. The molecule has 4 fully saturated rings. The monoisotopic (exact) mass is 575 g/mol. The van der Waals surface area contributed by atoms with Gasteiger partial charge in [-0.25, -0.2) is 4.79 Å². The molecule has 0 radical (unpaired) electrons. The van der Waals surface area contributed by atoms with E-state index in [1.807, 2.05) is 49.0 Å². The van der Waals surface area contributed by atoms with E-state index in [0.29, 0.717) is 29.3 Å². The molecule has 0 saturated carbocycles. The predicted molar refractivity (Wildman–Crippen MR) is 136 cm³/mol. The van der Waals surface area contributed by atoms with Gasteiger partial charge < -0.3 is 31.5 Å². The van der Waals surface area contributed by atoms with Gasteiger partial charge in [-0.3, -0.25) is 9.69 Å². The number of hydrogen-bond donors (Lipinski definition) is 1. The normalized spacial score (nSPS) is 27.4. The molecule has 2 bridgehead atoms. The van der Waals surface area contributed by atoms with Gasteiger partial charge in [-0.2, -0.15) is 16.9 Å². The molecule has 1 amide bonds. The number of hydrogen-bond acceptors (Lipinski definition) is 7. The summed E-state index contributed by atoms with van der Waals surface area (Å²) in [6, 6.07) is 13.5. The van der Waals surface area contributed by atoms with Crippen LogP contribution in [-0.2, 0) is 19.9 Å². The van der Waals surface area contributed by atoms with Crippen molar-refractivity contribution in [3.05, 3.63) is 54.2 Å². The third-order valence-corrected chi connectivity index (χ3v) is 8.94. The number of carbonyl (C=O) groups is 2. The number of quaternary nitrogens is 1. The van der Waals surface area contributed by atoms with E-state index in [4.69, 9.17) is 4.74 Å². The SMILES string of the molecule is CC(C(=O)O[C@H]1C[N+]2(CC(=O)Nc3cccnn3)CCC1CC2)(c1ccccc1)N1CCSCC1.[Br-]. The van der Waals surface area contributed by atoms with E-state index in [1.165, 1.54) is 0 Å². The zero-order valence-corrected chi connectivity index (χ0v) is 23.0. The molecule has 8 nitrogen and oxygen atoms in total. The van der Waals surface area contributed by atoms with Crippen LogP contribution in [0.3, 0.4) is 0 Å². The van der Waals surface area contributed by atoms with E-state index in [9.17, 15) is 9.59 Å². The molecular weight excluding hydrogens is 542 g/mol. The molecule has 5 heterocycles. The number of aromatic nitrogens is 2. The minimum atomic E-state index is -0.817. The number of piperidine rings is 3. The van der Waals surface area contributed by atoms with Gasteiger partial charge in [-0.05, 0) is 24.6 Å². The highest BCUT2D eigenvalue weighted by molar-refractivity contribution is 7.99. The molecule has 1 aromatic carbocycles. The minimum absolute atomic E-state index is 0. The lowest BCUT2D eigenvalue weighted by molar-refractivity contribution is -0.939. The van der Waals surface area contributed by atoms with E-state index >= 15 is 0 Å². The smallest absolute Gasteiger partial charge is 0.331 e. The van der Waals surface area contributed by atoms with Gasteiger partial charge in [0, 0.05) is 49.6 Å². The van der Waals surface area contributed by atoms with Gasteiger partial charge in [0.2, 0.25) is 0 Å². The number of halogens is 1. The topological polar surface area (TPSA) is 84.4 Å². The van der Waals surface area contributed by atoms with Gasteiger partial charge in [0.1, 0.15) is 12.1 Å². The average molecular weight is 577 g/mol. The zero-order chi connectivity index (χ0) is 24.3. The van der Waals surface area contributed by atoms with Crippen molar-refractivity contribution < 1.29 is 35.8 Å². The Kier molecular flexibility index (Phi) is 8.70. The summed E-state index contributed by atoms with van der Waals surface area (Å²) in [5, 5.41) is 10.7. The van der Waals surface area contributed by atoms with Crippen molar-refractivity contribution in [1.29, 1.82) is 0 Å². The molecule has 4 aliphatic heterocycles. The van der Waals surface area contributed by atoms with Gasteiger partial charge in [0.15, 0.2) is 18.5 Å². The van der Waals surface area contributed by atoms with Crippen LogP contribution in [0.1, 0.15) is 25.3 Å². The number of nitrogens with zero attached hydrogens (tertiary/aromatic N) is 4. The van der Waals surface area contributed by atoms with Crippen LogP contribution in [0.2, 0.25) is 0 Å². The van der Waals surface area contributed by atoms with E-state index in [2.05, 4.69) is 20.4 Å². The number of esters is 1. The van der Waals surface area contributed by atoms with Crippen molar-refractivity contribution in [2.24, 2.45) is 5.92 Å². The number of amides is 1. The third-order valence-electron chi connectivity index (χ3n) is 8.00. The average Bonchev–Trinajstić information content (AvgIpc) is 2.90. The van der Waals surface area contributed by atoms with Crippen LogP contribution >= 0.6 is 11.8 Å². The first kappa shape index (κ1) is 27.0. The summed E-state index contributed by atoms with van der Waals surface area (Å²) < 4.78 is 7.02. The van der Waals surface area contributed by atoms with Gasteiger partial charge >= 0.3 is 5.97 Å². The van der Waals surface area contributed by atoms with Gasteiger partial charge in [-0.1, -0.05) is 30.3 Å². The van der Waals surface area contributed by atoms with Crippen LogP contribution < -0.4 is 22.3 Å². The Hall–Kier alpha value is -2.01. The van der Waals surface area contributed by atoms with Crippen LogP contribution in [0, 0.1) is 5.92 Å². The quantitative estimate of drug-likeness (QED) is 0.353. The molecule has 4 saturated heterocycles. The molecule has 10 heteroatoms. The van der Waals surface area contributed by atoms with Crippen molar-refractivity contribution >= 4 is 29.5 Å². The van der Waals surface area contributed by atoms with Crippen molar-refractivity contribution in [3.8, 4) is 0 Å². The fourth-order valence-corrected chi connectivity index (χ4v) is 6.79. The molecule has 0 aliphatic carbocycles. The molecular formula is C26H34BrN5O3S. The summed E-state index contributed by atoms with van der Waals surface area (Å²) in [6.45, 7) is 6.66. The number of carbonyl (C=O) groups excluding carboxylic acids is 2. The van der Waals surface area contributed by atoms with Crippen molar-refractivity contribution in [1.82, 2.24) is 15.1 Å². The molecule has 1 unspecified atom stereocenters. The Morgan fingerprint density at radius 3 is 2.53 bits per heavy atom. The van der Waals surface area contributed by atoms with E-state index in [0.717, 1.165) is 56.1 Å². The fraction of sp³-hybridized carbons (Fsp3) is 0.538. The minimum Gasteiger partial charge on any atom is -1.00 e. The second-order valence-electron chi connectivity index (χ2n) is 10.1. The first-order valence-corrected chi connectivity index (χ1v) is 13.7. The van der Waals surface area contributed by atoms with E-state index in [1.54, 1.807) is 18.3 Å². The Morgan fingerprint density at radius 2 is 1.86 bits per heavy atom. The van der Waals surface area contributed by atoms with E-state index < -0.39 is 5.54 Å². The Balaban J connectivity index is 0.00000304. The van der Waals surface area contributed by atoms with Crippen molar-refractivity contribution in [2.75, 3.05) is 56.1 Å². The van der Waals surface area contributed by atoms with E-state index in [-0.39, 0.29) is 35.0 Å². The lowest BCUT2D eigenvalue weighted by atomic mass is 9.82. The number of thioether (sulfide) groups is 1. The standard InChI is InChI=1S/C26H33N5O3S.BrH/c1-26(21-6-3-2-4-7-21,30-12-16-35-17-13-30)25(33)34-22-18-31(14-9-20(22)10-15-31)19-24(32)28-23-8-5-11-27-29-23;/h2-8,11,20,22H,9-10,12-19H2,1H3;1H/t20?,22-,26?,31?;/m0./s1. The first-order valence-electron chi connectivity index (χ1n) is 12.5. The summed E-state index contributed by atoms with van der Waals surface area (Å²) >= 11 is 1.93. The lowest BCUT2D eigenvalue weighted by Crippen LogP contribution is -3.00.